The molecule has 1 aromatic rings. The Kier molecular flexibility index (Phi) is 4.65. The van der Waals surface area contributed by atoms with Crippen LogP contribution in [0.4, 0.5) is 0 Å². The zero-order valence-electron chi connectivity index (χ0n) is 11.9. The van der Waals surface area contributed by atoms with Crippen LogP contribution in [0.15, 0.2) is 18.3 Å². The molecule has 108 valence electrons. The van der Waals surface area contributed by atoms with Gasteiger partial charge in [-0.25, -0.2) is 0 Å². The quantitative estimate of drug-likeness (QED) is 0.866. The molecule has 2 amide bonds. The summed E-state index contributed by atoms with van der Waals surface area (Å²) in [6.45, 7) is 4.23. The van der Waals surface area contributed by atoms with E-state index < -0.39 is 12.1 Å². The Labute approximate surface area is 118 Å². The van der Waals surface area contributed by atoms with Gasteiger partial charge in [0.25, 0.3) is 0 Å². The van der Waals surface area contributed by atoms with E-state index in [4.69, 9.17) is 0 Å². The van der Waals surface area contributed by atoms with Crippen LogP contribution in [-0.2, 0) is 16.1 Å². The van der Waals surface area contributed by atoms with Gasteiger partial charge >= 0.3 is 0 Å². The standard InChI is InChI=1S/C14H20N4O2/c1-3-6-11-14(20)18(12(4-2)13(19)16-11)9-10-7-5-8-15-17-10/h5,7-8,11-12H,3-4,6,9H2,1-2H3,(H,16,19). The van der Waals surface area contributed by atoms with E-state index in [9.17, 15) is 9.59 Å². The molecule has 0 saturated carbocycles. The Morgan fingerprint density at radius 3 is 2.75 bits per heavy atom. The average Bonchev–Trinajstić information content (AvgIpc) is 2.46. The van der Waals surface area contributed by atoms with E-state index in [1.54, 1.807) is 17.2 Å². The summed E-state index contributed by atoms with van der Waals surface area (Å²) in [5.41, 5.74) is 0.698. The first-order valence-electron chi connectivity index (χ1n) is 7.04. The summed E-state index contributed by atoms with van der Waals surface area (Å²) in [5.74, 6) is -0.0987. The SMILES string of the molecule is CCCC1NC(=O)C(CC)N(Cc2cccnn2)C1=O. The largest absolute Gasteiger partial charge is 0.343 e. The fraction of sp³-hybridized carbons (Fsp3) is 0.571. The van der Waals surface area contributed by atoms with Crippen molar-refractivity contribution in [2.75, 3.05) is 0 Å². The van der Waals surface area contributed by atoms with Crippen molar-refractivity contribution in [3.8, 4) is 0 Å². The molecule has 2 rings (SSSR count). The van der Waals surface area contributed by atoms with Gasteiger partial charge < -0.3 is 10.2 Å². The van der Waals surface area contributed by atoms with Gasteiger partial charge in [0.15, 0.2) is 0 Å². The lowest BCUT2D eigenvalue weighted by molar-refractivity contribution is -0.150. The maximum absolute atomic E-state index is 12.5. The summed E-state index contributed by atoms with van der Waals surface area (Å²) >= 11 is 0. The topological polar surface area (TPSA) is 75.2 Å². The fourth-order valence-electron chi connectivity index (χ4n) is 2.50. The van der Waals surface area contributed by atoms with E-state index in [1.807, 2.05) is 19.9 Å². The lowest BCUT2D eigenvalue weighted by atomic mass is 10.0. The number of nitrogens with zero attached hydrogens (tertiary/aromatic N) is 3. The predicted octanol–water partition coefficient (Wildman–Crippen LogP) is 0.882. The summed E-state index contributed by atoms with van der Waals surface area (Å²) in [5, 5.41) is 10.6. The molecule has 0 aromatic carbocycles. The number of carbonyl (C=O) groups is 2. The van der Waals surface area contributed by atoms with E-state index in [-0.39, 0.29) is 11.8 Å². The lowest BCUT2D eigenvalue weighted by Crippen LogP contribution is -2.62. The van der Waals surface area contributed by atoms with Crippen molar-refractivity contribution in [1.82, 2.24) is 20.4 Å². The highest BCUT2D eigenvalue weighted by molar-refractivity contribution is 5.96. The molecule has 2 heterocycles. The maximum atomic E-state index is 12.5. The van der Waals surface area contributed by atoms with Crippen molar-refractivity contribution < 1.29 is 9.59 Å². The molecule has 6 nitrogen and oxygen atoms in total. The number of carbonyl (C=O) groups excluding carboxylic acids is 2. The second-order valence-electron chi connectivity index (χ2n) is 4.96. The number of aromatic nitrogens is 2. The molecular formula is C14H20N4O2. The second kappa shape index (κ2) is 6.45. The number of amides is 2. The first kappa shape index (κ1) is 14.4. The highest BCUT2D eigenvalue weighted by Crippen LogP contribution is 2.18. The van der Waals surface area contributed by atoms with Crippen molar-refractivity contribution in [2.24, 2.45) is 0 Å². The Bertz CT molecular complexity index is 477. The second-order valence-corrected chi connectivity index (χ2v) is 4.96. The minimum absolute atomic E-state index is 0.0241. The molecule has 0 aliphatic carbocycles. The lowest BCUT2D eigenvalue weighted by Gasteiger charge is -2.38. The van der Waals surface area contributed by atoms with Crippen molar-refractivity contribution in [3.05, 3.63) is 24.0 Å². The third-order valence-corrected chi connectivity index (χ3v) is 3.50. The van der Waals surface area contributed by atoms with Gasteiger partial charge in [-0.15, -0.1) is 0 Å². The van der Waals surface area contributed by atoms with Crippen LogP contribution in [0.5, 0.6) is 0 Å². The third kappa shape index (κ3) is 2.95. The van der Waals surface area contributed by atoms with Crippen molar-refractivity contribution >= 4 is 11.8 Å². The van der Waals surface area contributed by atoms with Crippen LogP contribution in [-0.4, -0.2) is 39.0 Å². The molecule has 0 bridgehead atoms. The molecule has 1 aliphatic heterocycles. The Hall–Kier alpha value is -1.98. The Morgan fingerprint density at radius 2 is 2.15 bits per heavy atom. The summed E-state index contributed by atoms with van der Waals surface area (Å²) in [6.07, 6.45) is 3.70. The van der Waals surface area contributed by atoms with Gasteiger partial charge in [-0.05, 0) is 25.0 Å². The van der Waals surface area contributed by atoms with Gasteiger partial charge in [0.2, 0.25) is 11.8 Å². The molecule has 0 spiro atoms. The Balaban J connectivity index is 2.20. The number of hydrogen-bond acceptors (Lipinski definition) is 4. The molecule has 1 aromatic heterocycles. The highest BCUT2D eigenvalue weighted by Gasteiger charge is 2.39. The van der Waals surface area contributed by atoms with Crippen LogP contribution in [0, 0.1) is 0 Å². The normalized spacial score (nSPS) is 22.8. The monoisotopic (exact) mass is 276 g/mol. The van der Waals surface area contributed by atoms with Crippen LogP contribution in [0.3, 0.4) is 0 Å². The first-order valence-corrected chi connectivity index (χ1v) is 7.04. The van der Waals surface area contributed by atoms with Crippen LogP contribution in [0.25, 0.3) is 0 Å². The van der Waals surface area contributed by atoms with E-state index in [1.165, 1.54) is 0 Å². The van der Waals surface area contributed by atoms with Crippen LogP contribution >= 0.6 is 0 Å². The highest BCUT2D eigenvalue weighted by atomic mass is 16.2. The van der Waals surface area contributed by atoms with Crippen LogP contribution < -0.4 is 5.32 Å². The summed E-state index contributed by atoms with van der Waals surface area (Å²) in [6, 6.07) is 2.76. The minimum Gasteiger partial charge on any atom is -0.343 e. The number of piperazine rings is 1. The van der Waals surface area contributed by atoms with Gasteiger partial charge in [0, 0.05) is 6.20 Å². The van der Waals surface area contributed by atoms with Crippen LogP contribution in [0.1, 0.15) is 38.8 Å². The number of hydrogen-bond donors (Lipinski definition) is 1. The van der Waals surface area contributed by atoms with E-state index in [2.05, 4.69) is 15.5 Å². The first-order chi connectivity index (χ1) is 9.67. The fourth-order valence-corrected chi connectivity index (χ4v) is 2.50. The zero-order valence-corrected chi connectivity index (χ0v) is 11.9. The van der Waals surface area contributed by atoms with Crippen molar-refractivity contribution in [2.45, 2.75) is 51.7 Å². The molecule has 6 heteroatoms. The minimum atomic E-state index is -0.419. The average molecular weight is 276 g/mol. The van der Waals surface area contributed by atoms with Crippen molar-refractivity contribution in [3.63, 3.8) is 0 Å². The van der Waals surface area contributed by atoms with Crippen molar-refractivity contribution in [1.29, 1.82) is 0 Å². The molecule has 1 saturated heterocycles. The molecule has 0 radical (unpaired) electrons. The molecule has 1 N–H and O–H groups in total. The number of nitrogens with one attached hydrogen (secondary N) is 1. The smallest absolute Gasteiger partial charge is 0.246 e. The van der Waals surface area contributed by atoms with Gasteiger partial charge in [0.1, 0.15) is 12.1 Å². The molecular weight excluding hydrogens is 256 g/mol. The van der Waals surface area contributed by atoms with Gasteiger partial charge in [-0.2, -0.15) is 10.2 Å². The third-order valence-electron chi connectivity index (χ3n) is 3.50. The summed E-state index contributed by atoms with van der Waals surface area (Å²) in [4.78, 5) is 26.2. The molecule has 2 atom stereocenters. The summed E-state index contributed by atoms with van der Waals surface area (Å²) in [7, 11) is 0. The van der Waals surface area contributed by atoms with Gasteiger partial charge in [-0.1, -0.05) is 20.3 Å². The Morgan fingerprint density at radius 1 is 1.35 bits per heavy atom. The maximum Gasteiger partial charge on any atom is 0.246 e. The summed E-state index contributed by atoms with van der Waals surface area (Å²) < 4.78 is 0. The molecule has 1 aliphatic rings. The van der Waals surface area contributed by atoms with Crippen LogP contribution in [0.2, 0.25) is 0 Å². The van der Waals surface area contributed by atoms with E-state index in [0.717, 1.165) is 6.42 Å². The predicted molar refractivity (Wildman–Crippen MR) is 73.5 cm³/mol. The van der Waals surface area contributed by atoms with E-state index in [0.29, 0.717) is 25.1 Å². The van der Waals surface area contributed by atoms with E-state index >= 15 is 0 Å². The molecule has 20 heavy (non-hydrogen) atoms. The molecule has 1 fully saturated rings. The van der Waals surface area contributed by atoms with Gasteiger partial charge in [-0.3, -0.25) is 9.59 Å². The number of rotatable bonds is 5. The van der Waals surface area contributed by atoms with Gasteiger partial charge in [0.05, 0.1) is 12.2 Å². The zero-order chi connectivity index (χ0) is 14.5. The molecule has 2 unspecified atom stereocenters.